The van der Waals surface area contributed by atoms with Crippen molar-refractivity contribution in [2.24, 2.45) is 0 Å². The number of allylic oxidation sites excluding steroid dienone is 3. The number of amides is 2. The Morgan fingerprint density at radius 3 is 2.50 bits per heavy atom. The number of carbonyl (C=O) groups is 2. The van der Waals surface area contributed by atoms with Gasteiger partial charge < -0.3 is 20.2 Å². The lowest BCUT2D eigenvalue weighted by atomic mass is 9.92. The summed E-state index contributed by atoms with van der Waals surface area (Å²) in [5.41, 5.74) is 2.74. The Morgan fingerprint density at radius 1 is 1.22 bits per heavy atom. The van der Waals surface area contributed by atoms with Crippen LogP contribution in [0.1, 0.15) is 78.4 Å². The van der Waals surface area contributed by atoms with E-state index in [1.807, 2.05) is 32.6 Å². The van der Waals surface area contributed by atoms with E-state index in [9.17, 15) is 19.1 Å². The van der Waals surface area contributed by atoms with E-state index in [4.69, 9.17) is 0 Å². The monoisotopic (exact) mass is 499 g/mol. The summed E-state index contributed by atoms with van der Waals surface area (Å²) in [6.45, 7) is 15.0. The molecule has 0 bridgehead atoms. The maximum Gasteiger partial charge on any atom is 0.274 e. The number of likely N-dealkylation sites (N-methyl/N-ethyl adjacent to an activating group) is 1. The number of carbonyl (C=O) groups excluding carboxylic acids is 2. The van der Waals surface area contributed by atoms with Gasteiger partial charge in [0, 0.05) is 36.5 Å². The van der Waals surface area contributed by atoms with E-state index in [2.05, 4.69) is 19.2 Å². The molecule has 36 heavy (non-hydrogen) atoms. The number of nitrogens with one attached hydrogen (secondary N) is 1. The lowest BCUT2D eigenvalue weighted by Gasteiger charge is -2.42. The van der Waals surface area contributed by atoms with E-state index < -0.39 is 0 Å². The van der Waals surface area contributed by atoms with Crippen molar-refractivity contribution in [1.29, 1.82) is 0 Å². The molecule has 198 valence electrons. The normalized spacial score (nSPS) is 19.5. The molecule has 7 heteroatoms. The fourth-order valence-electron chi connectivity index (χ4n) is 4.75. The van der Waals surface area contributed by atoms with Gasteiger partial charge in [0.05, 0.1) is 11.6 Å². The van der Waals surface area contributed by atoms with Crippen LogP contribution in [0.2, 0.25) is 0 Å². The van der Waals surface area contributed by atoms with Gasteiger partial charge in [-0.3, -0.25) is 9.59 Å². The molecule has 0 spiro atoms. The van der Waals surface area contributed by atoms with E-state index in [0.717, 1.165) is 12.1 Å². The quantitative estimate of drug-likeness (QED) is 0.530. The maximum atomic E-state index is 14.4. The summed E-state index contributed by atoms with van der Waals surface area (Å²) in [5, 5.41) is 13.9. The molecular formula is C29H42FN3O3. The molecular weight excluding hydrogens is 457 g/mol. The fourth-order valence-corrected chi connectivity index (χ4v) is 4.75. The molecule has 3 heterocycles. The molecule has 0 aliphatic carbocycles. The molecule has 6 nitrogen and oxygen atoms in total. The van der Waals surface area contributed by atoms with Gasteiger partial charge in [-0.1, -0.05) is 65.3 Å². The Bertz CT molecular complexity index is 1060. The minimum atomic E-state index is -0.368. The van der Waals surface area contributed by atoms with Gasteiger partial charge in [0.2, 0.25) is 0 Å². The van der Waals surface area contributed by atoms with Crippen molar-refractivity contribution in [3.05, 3.63) is 69.5 Å². The molecule has 0 aromatic heterocycles. The molecule has 1 aromatic carbocycles. The van der Waals surface area contributed by atoms with Gasteiger partial charge in [-0.25, -0.2) is 4.39 Å². The highest BCUT2D eigenvalue weighted by atomic mass is 19.1. The second-order valence-corrected chi connectivity index (χ2v) is 8.89. The van der Waals surface area contributed by atoms with Crippen LogP contribution in [0, 0.1) is 12.7 Å². The number of aliphatic hydroxyl groups is 1. The molecule has 4 rings (SSSR count). The molecule has 3 aliphatic heterocycles. The molecule has 2 amide bonds. The summed E-state index contributed by atoms with van der Waals surface area (Å²) in [7, 11) is 0. The lowest BCUT2D eigenvalue weighted by Crippen LogP contribution is -2.53. The minimum Gasteiger partial charge on any atom is -0.505 e. The second kappa shape index (κ2) is 13.3. The Morgan fingerprint density at radius 2 is 1.89 bits per heavy atom. The van der Waals surface area contributed by atoms with E-state index >= 15 is 0 Å². The molecule has 2 N–H and O–H groups in total. The van der Waals surface area contributed by atoms with Gasteiger partial charge in [-0.15, -0.1) is 0 Å². The van der Waals surface area contributed by atoms with E-state index in [0.29, 0.717) is 48.2 Å². The summed E-state index contributed by atoms with van der Waals surface area (Å²) in [6, 6.07) is 5.13. The number of nitrogens with zero attached hydrogens (tertiary/aromatic N) is 2. The van der Waals surface area contributed by atoms with E-state index in [1.54, 1.807) is 36.1 Å². The number of aryl methyl sites for hydroxylation is 1. The summed E-state index contributed by atoms with van der Waals surface area (Å²) in [4.78, 5) is 29.9. The van der Waals surface area contributed by atoms with Crippen LogP contribution in [0.4, 0.5) is 4.39 Å². The smallest absolute Gasteiger partial charge is 0.274 e. The van der Waals surface area contributed by atoms with E-state index in [-0.39, 0.29) is 41.7 Å². The van der Waals surface area contributed by atoms with Crippen molar-refractivity contribution in [1.82, 2.24) is 15.1 Å². The number of hydrogen-bond acceptors (Lipinski definition) is 4. The molecule has 3 aliphatic rings. The minimum absolute atomic E-state index is 0.0463. The van der Waals surface area contributed by atoms with Crippen molar-refractivity contribution < 1.29 is 19.1 Å². The first-order valence-corrected chi connectivity index (χ1v) is 13.3. The number of halogens is 1. The SMILES string of the molecule is CC.CC/C=C1/C(O)=C2C(=O)N(CC)CC3CCC(=C1C(=O)NCc1cccc(C)c1F)N23.CCC. The predicted octanol–water partition coefficient (Wildman–Crippen LogP) is 5.89. The van der Waals surface area contributed by atoms with Crippen molar-refractivity contribution in [2.45, 2.75) is 86.7 Å². The lowest BCUT2D eigenvalue weighted by molar-refractivity contribution is -0.132. The first-order chi connectivity index (χ1) is 17.3. The number of piperazine rings is 1. The Balaban J connectivity index is 0.000000850. The number of aliphatic hydroxyl groups excluding tert-OH is 1. The standard InChI is InChI=1S/C24H28FN3O3.C3H8.C2H6/c1-4-7-17-19(23(30)26-12-15-9-6-8-14(3)20(15)25)18-11-10-16-13-27(5-2)24(31)21(22(17)29)28(16)18;1-3-2;1-2/h6-9,16,29H,4-5,10-13H2,1-3H3,(H,26,30);3H2,1-2H3;1-2H3/b17-7+;;. The van der Waals surface area contributed by atoms with Crippen LogP contribution in [0.5, 0.6) is 0 Å². The summed E-state index contributed by atoms with van der Waals surface area (Å²) in [6.07, 6.45) is 5.08. The van der Waals surface area contributed by atoms with Crippen molar-refractivity contribution in [3.63, 3.8) is 0 Å². The highest BCUT2D eigenvalue weighted by Gasteiger charge is 2.48. The number of rotatable bonds is 5. The summed E-state index contributed by atoms with van der Waals surface area (Å²) >= 11 is 0. The second-order valence-electron chi connectivity index (χ2n) is 8.89. The van der Waals surface area contributed by atoms with Crippen LogP contribution < -0.4 is 5.32 Å². The third-order valence-electron chi connectivity index (χ3n) is 6.30. The van der Waals surface area contributed by atoms with Crippen LogP contribution >= 0.6 is 0 Å². The highest BCUT2D eigenvalue weighted by molar-refractivity contribution is 6.04. The third-order valence-corrected chi connectivity index (χ3v) is 6.30. The van der Waals surface area contributed by atoms with Crippen molar-refractivity contribution >= 4 is 11.8 Å². The molecule has 0 saturated carbocycles. The Hall–Kier alpha value is -3.09. The van der Waals surface area contributed by atoms with Crippen molar-refractivity contribution in [2.75, 3.05) is 13.1 Å². The molecule has 1 atom stereocenters. The number of hydrogen-bond donors (Lipinski definition) is 2. The average Bonchev–Trinajstić information content (AvgIpc) is 3.28. The molecule has 2 fully saturated rings. The van der Waals surface area contributed by atoms with Crippen molar-refractivity contribution in [3.8, 4) is 0 Å². The van der Waals surface area contributed by atoms with Gasteiger partial charge in [0.25, 0.3) is 11.8 Å². The van der Waals surface area contributed by atoms with E-state index in [1.165, 1.54) is 6.42 Å². The topological polar surface area (TPSA) is 72.9 Å². The average molecular weight is 500 g/mol. The first-order valence-electron chi connectivity index (χ1n) is 13.3. The number of benzene rings is 1. The van der Waals surface area contributed by atoms with Crippen LogP contribution in [-0.4, -0.2) is 45.9 Å². The fraction of sp³-hybridized carbons (Fsp3) is 0.517. The third kappa shape index (κ3) is 5.66. The van der Waals surface area contributed by atoms with Gasteiger partial charge in [0.1, 0.15) is 5.82 Å². The van der Waals surface area contributed by atoms with Gasteiger partial charge >= 0.3 is 0 Å². The molecule has 1 unspecified atom stereocenters. The predicted molar refractivity (Wildman–Crippen MR) is 142 cm³/mol. The summed E-state index contributed by atoms with van der Waals surface area (Å²) < 4.78 is 14.4. The Labute approximate surface area is 215 Å². The molecule has 0 radical (unpaired) electrons. The van der Waals surface area contributed by atoms with Crippen LogP contribution in [0.3, 0.4) is 0 Å². The zero-order valence-electron chi connectivity index (χ0n) is 22.9. The highest BCUT2D eigenvalue weighted by Crippen LogP contribution is 2.45. The molecule has 1 aromatic rings. The van der Waals surface area contributed by atoms with Crippen LogP contribution in [0.15, 0.2) is 52.6 Å². The van der Waals surface area contributed by atoms with Gasteiger partial charge in [-0.05, 0) is 38.7 Å². The first kappa shape index (κ1) is 29.1. The van der Waals surface area contributed by atoms with Crippen LogP contribution in [-0.2, 0) is 16.1 Å². The van der Waals surface area contributed by atoms with Gasteiger partial charge in [-0.2, -0.15) is 0 Å². The Kier molecular flexibility index (Phi) is 10.8. The largest absolute Gasteiger partial charge is 0.505 e. The molecule has 2 saturated heterocycles. The van der Waals surface area contributed by atoms with Crippen LogP contribution in [0.25, 0.3) is 0 Å². The zero-order valence-corrected chi connectivity index (χ0v) is 22.9. The van der Waals surface area contributed by atoms with Gasteiger partial charge in [0.15, 0.2) is 11.5 Å². The maximum absolute atomic E-state index is 14.4. The summed E-state index contributed by atoms with van der Waals surface area (Å²) in [5.74, 6) is -1.06. The zero-order chi connectivity index (χ0) is 27.0.